The number of imide groups is 1. The van der Waals surface area contributed by atoms with Crippen LogP contribution in [0.2, 0.25) is 0 Å². The Hall–Kier alpha value is -6.39. The number of hydrogen-bond acceptors (Lipinski definition) is 10. The molecular weight excluding hydrogens is 825 g/mol. The van der Waals surface area contributed by atoms with Crippen LogP contribution in [0.4, 0.5) is 28.9 Å². The number of aromatic nitrogens is 4. The summed E-state index contributed by atoms with van der Waals surface area (Å²) in [6.45, 7) is 3.58. The lowest BCUT2D eigenvalue weighted by Gasteiger charge is -2.48. The summed E-state index contributed by atoms with van der Waals surface area (Å²) in [6, 6.07) is 11.4. The predicted molar refractivity (Wildman–Crippen MR) is 220 cm³/mol. The Labute approximate surface area is 358 Å². The summed E-state index contributed by atoms with van der Waals surface area (Å²) in [5.74, 6) is -8.98. The number of rotatable bonds is 8. The number of nitrogens with one attached hydrogen (secondary N) is 2. The van der Waals surface area contributed by atoms with E-state index < -0.39 is 76.8 Å². The number of halogens is 4. The van der Waals surface area contributed by atoms with Gasteiger partial charge in [0, 0.05) is 73.2 Å². The van der Waals surface area contributed by atoms with Gasteiger partial charge in [-0.3, -0.25) is 34.1 Å². The summed E-state index contributed by atoms with van der Waals surface area (Å²) in [4.78, 5) is 55.2. The van der Waals surface area contributed by atoms with Crippen LogP contribution in [-0.4, -0.2) is 109 Å². The number of aliphatic hydroxyl groups is 1. The lowest BCUT2D eigenvalue weighted by Crippen LogP contribution is -2.63. The van der Waals surface area contributed by atoms with Crippen LogP contribution in [0.3, 0.4) is 0 Å². The highest BCUT2D eigenvalue weighted by atomic mass is 19.3. The number of amides is 4. The van der Waals surface area contributed by atoms with Gasteiger partial charge in [-0.05, 0) is 82.0 Å². The largest absolute Gasteiger partial charge is 0.386 e. The minimum atomic E-state index is -3.18. The maximum absolute atomic E-state index is 15.9. The third kappa shape index (κ3) is 7.86. The third-order valence-electron chi connectivity index (χ3n) is 12.9. The Bertz CT molecular complexity index is 2700. The van der Waals surface area contributed by atoms with Crippen LogP contribution in [0, 0.1) is 28.9 Å². The molecule has 328 valence electrons. The fraction of sp³-hybridized carbons (Fsp3) is 0.432. The molecule has 15 nitrogen and oxygen atoms in total. The smallest absolute Gasteiger partial charge is 0.280 e. The molecule has 0 saturated carbocycles. The molecular formula is C44H44F4N10O5. The van der Waals surface area contributed by atoms with Gasteiger partial charge in [0.2, 0.25) is 17.7 Å². The van der Waals surface area contributed by atoms with Crippen molar-refractivity contribution in [3.8, 4) is 6.07 Å². The van der Waals surface area contributed by atoms with Gasteiger partial charge in [0.05, 0.1) is 58.9 Å². The van der Waals surface area contributed by atoms with Gasteiger partial charge in [-0.2, -0.15) is 15.5 Å². The maximum Gasteiger partial charge on any atom is 0.280 e. The third-order valence-corrected chi connectivity index (χ3v) is 12.9. The van der Waals surface area contributed by atoms with E-state index in [0.29, 0.717) is 59.2 Å². The molecule has 0 bridgehead atoms. The molecule has 19 heteroatoms. The molecule has 4 saturated heterocycles. The first-order valence-electron chi connectivity index (χ1n) is 20.9. The minimum Gasteiger partial charge on any atom is -0.386 e. The average molecular weight is 869 g/mol. The topological polar surface area (TPSA) is 181 Å². The maximum atomic E-state index is 15.9. The van der Waals surface area contributed by atoms with Crippen LogP contribution in [0.1, 0.15) is 85.1 Å². The van der Waals surface area contributed by atoms with Gasteiger partial charge in [0.1, 0.15) is 23.4 Å². The molecule has 9 rings (SSSR count). The van der Waals surface area contributed by atoms with Crippen molar-refractivity contribution >= 4 is 51.4 Å². The summed E-state index contributed by atoms with van der Waals surface area (Å²) in [7, 11) is 0. The number of carbonyl (C=O) groups excluding carboxylic acids is 4. The average Bonchev–Trinajstić information content (AvgIpc) is 3.84. The highest BCUT2D eigenvalue weighted by Gasteiger charge is 2.50. The molecule has 3 aromatic heterocycles. The normalized spacial score (nSPS) is 21.4. The lowest BCUT2D eigenvalue weighted by atomic mass is 9.89. The molecule has 63 heavy (non-hydrogen) atoms. The van der Waals surface area contributed by atoms with E-state index in [4.69, 9.17) is 5.10 Å². The quantitative estimate of drug-likeness (QED) is 0.144. The summed E-state index contributed by atoms with van der Waals surface area (Å²) < 4.78 is 65.2. The molecule has 4 aliphatic heterocycles. The van der Waals surface area contributed by atoms with Crippen LogP contribution in [-0.2, 0) is 20.0 Å². The van der Waals surface area contributed by atoms with E-state index in [9.17, 15) is 29.5 Å². The Morgan fingerprint density at radius 1 is 1.00 bits per heavy atom. The van der Waals surface area contributed by atoms with Gasteiger partial charge in [-0.25, -0.2) is 22.1 Å². The van der Waals surface area contributed by atoms with E-state index >= 15 is 17.6 Å². The Morgan fingerprint density at radius 3 is 2.40 bits per heavy atom. The molecule has 7 heterocycles. The number of alkyl halides is 2. The zero-order valence-electron chi connectivity index (χ0n) is 34.5. The second-order valence-electron chi connectivity index (χ2n) is 17.5. The van der Waals surface area contributed by atoms with Gasteiger partial charge < -0.3 is 20.2 Å². The van der Waals surface area contributed by atoms with E-state index in [1.807, 2.05) is 16.9 Å². The number of hydrogen-bond donors (Lipinski definition) is 3. The summed E-state index contributed by atoms with van der Waals surface area (Å²) in [5.41, 5.74) is 0.973. The zero-order valence-corrected chi connectivity index (χ0v) is 34.5. The van der Waals surface area contributed by atoms with E-state index in [0.717, 1.165) is 12.1 Å². The van der Waals surface area contributed by atoms with Gasteiger partial charge >= 0.3 is 0 Å². The minimum absolute atomic E-state index is 0.0140. The molecule has 2 atom stereocenters. The van der Waals surface area contributed by atoms with Crippen molar-refractivity contribution in [3.05, 3.63) is 88.9 Å². The van der Waals surface area contributed by atoms with E-state index in [1.54, 1.807) is 54.0 Å². The molecule has 5 aromatic rings. The van der Waals surface area contributed by atoms with Crippen LogP contribution in [0.5, 0.6) is 0 Å². The number of fused-ring (bicyclic) bond motifs is 2. The molecule has 0 radical (unpaired) electrons. The fourth-order valence-electron chi connectivity index (χ4n) is 9.49. The zero-order chi connectivity index (χ0) is 44.5. The van der Waals surface area contributed by atoms with Crippen molar-refractivity contribution in [1.82, 2.24) is 34.5 Å². The summed E-state index contributed by atoms with van der Waals surface area (Å²) in [6.07, 6.45) is 4.33. The highest BCUT2D eigenvalue weighted by molar-refractivity contribution is 6.05. The van der Waals surface area contributed by atoms with Crippen molar-refractivity contribution < 1.29 is 41.8 Å². The first kappa shape index (κ1) is 41.9. The van der Waals surface area contributed by atoms with Crippen LogP contribution < -0.4 is 15.5 Å². The molecule has 4 amide bonds. The number of piperidine rings is 3. The Kier molecular flexibility index (Phi) is 10.5. The van der Waals surface area contributed by atoms with Crippen molar-refractivity contribution in [2.24, 2.45) is 5.92 Å². The molecule has 0 spiro atoms. The molecule has 4 aliphatic rings. The second kappa shape index (κ2) is 15.8. The number of likely N-dealkylation sites (tertiary alicyclic amines) is 2. The molecule has 3 N–H and O–H groups in total. The number of benzene rings is 2. The summed E-state index contributed by atoms with van der Waals surface area (Å²) >= 11 is 0. The highest BCUT2D eigenvalue weighted by Crippen LogP contribution is 2.39. The first-order chi connectivity index (χ1) is 30.0. The van der Waals surface area contributed by atoms with Crippen molar-refractivity contribution in [1.29, 1.82) is 5.26 Å². The Morgan fingerprint density at radius 2 is 1.73 bits per heavy atom. The monoisotopic (exact) mass is 868 g/mol. The van der Waals surface area contributed by atoms with Gasteiger partial charge in [0.15, 0.2) is 0 Å². The van der Waals surface area contributed by atoms with Crippen molar-refractivity contribution in [2.45, 2.75) is 75.5 Å². The standard InChI is InChI=1S/C44H44F4N10O5/c1-43(2,63)31-17-34-25(14-35(31)51-41(61)36-5-3-28-13-24(18-49)19-50-58(28)36)22-57(53-34)27-7-10-54(11-8-27)37-9-12-55(23-44(37,47)48)42(62)26-20-56(21-26)29-15-32(45)39(33(46)16-29)30-4-6-38(59)52-40(30)60/h3,5,13-17,19,22,26-27,30,37,63H,4,6-12,20-21,23H2,1-2H3,(H,51,61)(H,52,59,60)/t30-,37+/m1/s1. The lowest BCUT2D eigenvalue weighted by molar-refractivity contribution is -0.160. The number of nitriles is 1. The Balaban J connectivity index is 0.806. The van der Waals surface area contributed by atoms with Crippen LogP contribution >= 0.6 is 0 Å². The fourth-order valence-corrected chi connectivity index (χ4v) is 9.49. The number of anilines is 2. The van der Waals surface area contributed by atoms with Crippen molar-refractivity contribution in [3.63, 3.8) is 0 Å². The second-order valence-corrected chi connectivity index (χ2v) is 17.5. The van der Waals surface area contributed by atoms with E-state index in [2.05, 4.69) is 15.7 Å². The number of nitrogens with zero attached hydrogens (tertiary/aromatic N) is 8. The van der Waals surface area contributed by atoms with Crippen LogP contribution in [0.15, 0.2) is 54.9 Å². The van der Waals surface area contributed by atoms with Gasteiger partial charge in [-0.15, -0.1) is 0 Å². The molecule has 2 aromatic carbocycles. The summed E-state index contributed by atoms with van der Waals surface area (Å²) in [5, 5.41) is 35.1. The van der Waals surface area contributed by atoms with Gasteiger partial charge in [0.25, 0.3) is 11.8 Å². The number of carbonyl (C=O) groups is 4. The SMILES string of the molecule is CC(C)(O)c1cc2nn(C3CCN([C@H]4CCN(C(=O)C5CN(c6cc(F)c([C@H]7CCC(=O)NC7=O)c(F)c6)C5)CC4(F)F)CC3)cc2cc1NC(=O)c1ccc2cc(C#N)cnn12. The van der Waals surface area contributed by atoms with E-state index in [-0.39, 0.29) is 56.3 Å². The van der Waals surface area contributed by atoms with Crippen LogP contribution in [0.25, 0.3) is 16.4 Å². The first-order valence-corrected chi connectivity index (χ1v) is 20.9. The van der Waals surface area contributed by atoms with E-state index in [1.165, 1.54) is 15.6 Å². The molecule has 0 unspecified atom stereocenters. The van der Waals surface area contributed by atoms with Crippen molar-refractivity contribution in [2.75, 3.05) is 49.5 Å². The molecule has 0 aliphatic carbocycles. The molecule has 4 fully saturated rings. The van der Waals surface area contributed by atoms with Gasteiger partial charge in [-0.1, -0.05) is 0 Å². The predicted octanol–water partition coefficient (Wildman–Crippen LogP) is 4.84.